The quantitative estimate of drug-likeness (QED) is 0.749. The highest BCUT2D eigenvalue weighted by Gasteiger charge is 2.24. The third kappa shape index (κ3) is 2.35. The molecule has 2 heterocycles. The maximum absolute atomic E-state index is 12.9. The molecular weight excluding hydrogens is 300 g/mol. The van der Waals surface area contributed by atoms with Gasteiger partial charge in [-0.1, -0.05) is 30.3 Å². The van der Waals surface area contributed by atoms with Gasteiger partial charge in [0.2, 0.25) is 0 Å². The number of rotatable bonds is 2. The fourth-order valence-electron chi connectivity index (χ4n) is 3.40. The zero-order valence-electron chi connectivity index (χ0n) is 13.8. The minimum absolute atomic E-state index is 0.0186. The second kappa shape index (κ2) is 5.71. The fraction of sp³-hybridized carbons (Fsp3) is 0.250. The summed E-state index contributed by atoms with van der Waals surface area (Å²) in [6.07, 6.45) is 0.779. The van der Waals surface area contributed by atoms with E-state index in [-0.39, 0.29) is 11.9 Å². The van der Waals surface area contributed by atoms with Crippen LogP contribution in [0, 0.1) is 13.8 Å². The lowest BCUT2D eigenvalue weighted by Crippen LogP contribution is -2.32. The van der Waals surface area contributed by atoms with Gasteiger partial charge in [0.25, 0.3) is 5.91 Å². The van der Waals surface area contributed by atoms with Gasteiger partial charge in [-0.15, -0.1) is 0 Å². The summed E-state index contributed by atoms with van der Waals surface area (Å²) in [4.78, 5) is 16.2. The highest BCUT2D eigenvalue weighted by molar-refractivity contribution is 6.06. The van der Waals surface area contributed by atoms with Gasteiger partial charge in [-0.3, -0.25) is 4.79 Å². The van der Waals surface area contributed by atoms with E-state index >= 15 is 0 Å². The van der Waals surface area contributed by atoms with Crippen LogP contribution in [0.2, 0.25) is 0 Å². The number of para-hydroxylation sites is 2. The van der Waals surface area contributed by atoms with Crippen LogP contribution < -0.4 is 10.1 Å². The average molecular weight is 320 g/mol. The Kier molecular flexibility index (Phi) is 3.53. The van der Waals surface area contributed by atoms with Crippen LogP contribution in [0.15, 0.2) is 42.5 Å². The fourth-order valence-corrected chi connectivity index (χ4v) is 3.40. The number of carbonyl (C=O) groups excluding carboxylic acids is 1. The maximum atomic E-state index is 12.9. The molecule has 3 aromatic rings. The molecule has 0 radical (unpaired) electrons. The number of H-pyrrole nitrogens is 1. The summed E-state index contributed by atoms with van der Waals surface area (Å²) in [7, 11) is 0. The first kappa shape index (κ1) is 14.8. The molecule has 1 aromatic heterocycles. The SMILES string of the molecule is Cc1[nH]c2c(C(=O)N[C@H]3CCOc4ccccc43)cccc2c1C. The van der Waals surface area contributed by atoms with Crippen LogP contribution in [0.1, 0.15) is 39.6 Å². The van der Waals surface area contributed by atoms with Gasteiger partial charge in [-0.05, 0) is 31.5 Å². The standard InChI is InChI=1S/C20H20N2O2/c1-12-13(2)21-19-14(12)7-5-8-16(19)20(23)22-17-10-11-24-18-9-4-3-6-15(17)18/h3-9,17,21H,10-11H2,1-2H3,(H,22,23)/t17-/m0/s1. The van der Waals surface area contributed by atoms with E-state index in [1.54, 1.807) is 0 Å². The second-order valence-corrected chi connectivity index (χ2v) is 6.30. The van der Waals surface area contributed by atoms with E-state index in [4.69, 9.17) is 4.74 Å². The summed E-state index contributed by atoms with van der Waals surface area (Å²) in [5.41, 5.74) is 4.93. The number of carbonyl (C=O) groups is 1. The third-order valence-electron chi connectivity index (χ3n) is 4.85. The summed E-state index contributed by atoms with van der Waals surface area (Å²) in [6.45, 7) is 4.73. The highest BCUT2D eigenvalue weighted by atomic mass is 16.5. The molecule has 4 rings (SSSR count). The summed E-state index contributed by atoms with van der Waals surface area (Å²) < 4.78 is 5.67. The van der Waals surface area contributed by atoms with E-state index < -0.39 is 0 Å². The Morgan fingerprint density at radius 3 is 2.88 bits per heavy atom. The van der Waals surface area contributed by atoms with Gasteiger partial charge < -0.3 is 15.0 Å². The minimum atomic E-state index is -0.0523. The number of aromatic nitrogens is 1. The molecule has 4 heteroatoms. The van der Waals surface area contributed by atoms with Gasteiger partial charge in [0.15, 0.2) is 0 Å². The van der Waals surface area contributed by atoms with Crippen LogP contribution in [0.25, 0.3) is 10.9 Å². The molecule has 0 fully saturated rings. The second-order valence-electron chi connectivity index (χ2n) is 6.30. The molecule has 0 saturated carbocycles. The Labute approximate surface area is 140 Å². The van der Waals surface area contributed by atoms with Crippen molar-refractivity contribution in [3.63, 3.8) is 0 Å². The highest BCUT2D eigenvalue weighted by Crippen LogP contribution is 2.32. The Bertz CT molecular complexity index is 927. The normalized spacial score (nSPS) is 16.5. The number of ether oxygens (including phenoxy) is 1. The van der Waals surface area contributed by atoms with Gasteiger partial charge in [0, 0.05) is 23.1 Å². The summed E-state index contributed by atoms with van der Waals surface area (Å²) in [6, 6.07) is 13.7. The maximum Gasteiger partial charge on any atom is 0.253 e. The van der Waals surface area contributed by atoms with Gasteiger partial charge >= 0.3 is 0 Å². The van der Waals surface area contributed by atoms with Crippen LogP contribution in [-0.2, 0) is 0 Å². The molecule has 24 heavy (non-hydrogen) atoms. The molecule has 0 bridgehead atoms. The van der Waals surface area contributed by atoms with E-state index in [9.17, 15) is 4.79 Å². The van der Waals surface area contributed by atoms with Crippen LogP contribution in [0.4, 0.5) is 0 Å². The van der Waals surface area contributed by atoms with Crippen molar-refractivity contribution in [1.82, 2.24) is 10.3 Å². The van der Waals surface area contributed by atoms with E-state index in [1.807, 2.05) is 43.3 Å². The van der Waals surface area contributed by atoms with Crippen LogP contribution in [0.3, 0.4) is 0 Å². The Hall–Kier alpha value is -2.75. The molecular formula is C20H20N2O2. The molecule has 1 atom stereocenters. The first-order chi connectivity index (χ1) is 11.6. The van der Waals surface area contributed by atoms with Gasteiger partial charge in [0.05, 0.1) is 23.7 Å². The predicted octanol–water partition coefficient (Wildman–Crippen LogP) is 4.04. The molecule has 0 aliphatic carbocycles. The predicted molar refractivity (Wildman–Crippen MR) is 94.5 cm³/mol. The van der Waals surface area contributed by atoms with Crippen molar-refractivity contribution in [1.29, 1.82) is 0 Å². The van der Waals surface area contributed by atoms with Crippen molar-refractivity contribution < 1.29 is 9.53 Å². The molecule has 0 spiro atoms. The molecule has 122 valence electrons. The van der Waals surface area contributed by atoms with Crippen LogP contribution >= 0.6 is 0 Å². The molecule has 0 saturated heterocycles. The van der Waals surface area contributed by atoms with Crippen molar-refractivity contribution in [2.45, 2.75) is 26.3 Å². The molecule has 1 aliphatic rings. The Balaban J connectivity index is 1.68. The van der Waals surface area contributed by atoms with E-state index in [1.165, 1.54) is 5.56 Å². The number of amides is 1. The topological polar surface area (TPSA) is 54.1 Å². The first-order valence-corrected chi connectivity index (χ1v) is 8.25. The van der Waals surface area contributed by atoms with Crippen molar-refractivity contribution in [3.8, 4) is 5.75 Å². The number of aromatic amines is 1. The lowest BCUT2D eigenvalue weighted by atomic mass is 10.00. The van der Waals surface area contributed by atoms with Gasteiger partial charge in [-0.2, -0.15) is 0 Å². The minimum Gasteiger partial charge on any atom is -0.493 e. The number of hydrogen-bond acceptors (Lipinski definition) is 2. The van der Waals surface area contributed by atoms with Crippen molar-refractivity contribution in [3.05, 3.63) is 64.8 Å². The largest absolute Gasteiger partial charge is 0.493 e. The van der Waals surface area contributed by atoms with Crippen LogP contribution in [0.5, 0.6) is 5.75 Å². The molecule has 4 nitrogen and oxygen atoms in total. The Morgan fingerprint density at radius 1 is 1.17 bits per heavy atom. The van der Waals surface area contributed by atoms with E-state index in [0.29, 0.717) is 12.2 Å². The zero-order chi connectivity index (χ0) is 16.7. The lowest BCUT2D eigenvalue weighted by Gasteiger charge is -2.26. The van der Waals surface area contributed by atoms with Gasteiger partial charge in [0.1, 0.15) is 5.75 Å². The lowest BCUT2D eigenvalue weighted by molar-refractivity contribution is 0.0926. The smallest absolute Gasteiger partial charge is 0.253 e. The summed E-state index contributed by atoms with van der Waals surface area (Å²) in [5.74, 6) is 0.808. The molecule has 0 unspecified atom stereocenters. The third-order valence-corrected chi connectivity index (χ3v) is 4.85. The number of fused-ring (bicyclic) bond motifs is 2. The molecule has 2 N–H and O–H groups in total. The molecule has 1 aliphatic heterocycles. The van der Waals surface area contributed by atoms with Crippen LogP contribution in [-0.4, -0.2) is 17.5 Å². The molecule has 2 aromatic carbocycles. The zero-order valence-corrected chi connectivity index (χ0v) is 13.8. The first-order valence-electron chi connectivity index (χ1n) is 8.25. The summed E-state index contributed by atoms with van der Waals surface area (Å²) in [5, 5.41) is 4.28. The van der Waals surface area contributed by atoms with E-state index in [2.05, 4.69) is 23.3 Å². The number of benzene rings is 2. The molecule has 1 amide bonds. The van der Waals surface area contributed by atoms with Crippen molar-refractivity contribution >= 4 is 16.8 Å². The number of nitrogens with one attached hydrogen (secondary N) is 2. The average Bonchev–Trinajstić information content (AvgIpc) is 2.90. The summed E-state index contributed by atoms with van der Waals surface area (Å²) >= 11 is 0. The van der Waals surface area contributed by atoms with E-state index in [0.717, 1.165) is 34.3 Å². The number of aryl methyl sites for hydroxylation is 2. The van der Waals surface area contributed by atoms with Crippen molar-refractivity contribution in [2.75, 3.05) is 6.61 Å². The monoisotopic (exact) mass is 320 g/mol. The number of hydrogen-bond donors (Lipinski definition) is 2. The Morgan fingerprint density at radius 2 is 2.00 bits per heavy atom. The van der Waals surface area contributed by atoms with Crippen molar-refractivity contribution in [2.24, 2.45) is 0 Å². The van der Waals surface area contributed by atoms with Gasteiger partial charge in [-0.25, -0.2) is 0 Å².